The van der Waals surface area contributed by atoms with Gasteiger partial charge in [0, 0.05) is 19.3 Å². The van der Waals surface area contributed by atoms with Gasteiger partial charge in [-0.1, -0.05) is 209 Å². The van der Waals surface area contributed by atoms with Gasteiger partial charge in [0.2, 0.25) is 0 Å². The summed E-state index contributed by atoms with van der Waals surface area (Å²) in [5.74, 6) is -0.947. The molecule has 1 atom stereocenters. The molecule has 0 aliphatic heterocycles. The van der Waals surface area contributed by atoms with Gasteiger partial charge >= 0.3 is 17.9 Å². The molecule has 0 aliphatic carbocycles. The summed E-state index contributed by atoms with van der Waals surface area (Å²) < 4.78 is 16.8. The van der Waals surface area contributed by atoms with Crippen LogP contribution in [0.4, 0.5) is 0 Å². The van der Waals surface area contributed by atoms with E-state index in [-0.39, 0.29) is 31.1 Å². The largest absolute Gasteiger partial charge is 0.462 e. The number of esters is 3. The summed E-state index contributed by atoms with van der Waals surface area (Å²) in [7, 11) is 0. The number of rotatable bonds is 50. The predicted octanol–water partition coefficient (Wildman–Crippen LogP) is 18.8. The molecule has 0 saturated heterocycles. The molecule has 0 aromatic heterocycles. The standard InChI is InChI=1S/C61H104O6/c1-4-7-10-13-16-19-22-25-28-29-30-31-34-36-39-42-45-48-51-54-60(63)66-57-58(67-61(64)55-52-49-46-43-40-37-33-27-24-21-18-15-12-9-6-3)56-65-59(62)53-50-47-44-41-38-35-32-26-23-20-17-14-11-8-5-2/h16,18-19,21,25-28,30-33,36,39,58H,4-15,17,20,22-24,29,34-35,37-38,40-57H2,1-3H3/b19-16-,21-18-,28-25-,31-30-,32-26-,33-27-,39-36-/t58-/m1/s1. The molecule has 6 heteroatoms. The van der Waals surface area contributed by atoms with Gasteiger partial charge in [0.15, 0.2) is 6.10 Å². The molecule has 0 aromatic carbocycles. The second kappa shape index (κ2) is 55.2. The first-order valence-corrected chi connectivity index (χ1v) is 28.1. The second-order valence-corrected chi connectivity index (χ2v) is 18.5. The minimum absolute atomic E-state index is 0.0971. The number of carbonyl (C=O) groups excluding carboxylic acids is 3. The zero-order valence-electron chi connectivity index (χ0n) is 43.9. The summed E-state index contributed by atoms with van der Waals surface area (Å²) in [5, 5.41) is 0. The first kappa shape index (κ1) is 63.6. The molecule has 384 valence electrons. The number of ether oxygens (including phenoxy) is 3. The zero-order chi connectivity index (χ0) is 48.6. The minimum Gasteiger partial charge on any atom is -0.462 e. The second-order valence-electron chi connectivity index (χ2n) is 18.5. The van der Waals surface area contributed by atoms with Crippen LogP contribution in [0.25, 0.3) is 0 Å². The maximum absolute atomic E-state index is 12.8. The molecule has 0 aliphatic rings. The van der Waals surface area contributed by atoms with Gasteiger partial charge in [0.1, 0.15) is 13.2 Å². The van der Waals surface area contributed by atoms with E-state index in [0.717, 1.165) is 116 Å². The average molecular weight is 933 g/mol. The average Bonchev–Trinajstić information content (AvgIpc) is 3.33. The third-order valence-electron chi connectivity index (χ3n) is 11.8. The molecule has 0 heterocycles. The van der Waals surface area contributed by atoms with Crippen LogP contribution in [0.5, 0.6) is 0 Å². The maximum atomic E-state index is 12.8. The Bertz CT molecular complexity index is 1300. The lowest BCUT2D eigenvalue weighted by molar-refractivity contribution is -0.167. The van der Waals surface area contributed by atoms with Crippen LogP contribution in [0.2, 0.25) is 0 Å². The lowest BCUT2D eigenvalue weighted by Crippen LogP contribution is -2.30. The monoisotopic (exact) mass is 933 g/mol. The van der Waals surface area contributed by atoms with Crippen LogP contribution in [0, 0.1) is 0 Å². The first-order chi connectivity index (χ1) is 33.0. The molecule has 0 amide bonds. The van der Waals surface area contributed by atoms with E-state index in [1.165, 1.54) is 109 Å². The molecule has 0 aromatic rings. The van der Waals surface area contributed by atoms with Gasteiger partial charge < -0.3 is 14.2 Å². The molecule has 0 radical (unpaired) electrons. The van der Waals surface area contributed by atoms with Gasteiger partial charge in [-0.05, 0) is 122 Å². The van der Waals surface area contributed by atoms with E-state index in [1.54, 1.807) is 0 Å². The van der Waals surface area contributed by atoms with E-state index in [4.69, 9.17) is 14.2 Å². The number of carbonyl (C=O) groups is 3. The van der Waals surface area contributed by atoms with Crippen molar-refractivity contribution in [2.45, 2.75) is 271 Å². The lowest BCUT2D eigenvalue weighted by atomic mass is 10.1. The van der Waals surface area contributed by atoms with Gasteiger partial charge in [0.25, 0.3) is 0 Å². The Morgan fingerprint density at radius 3 is 0.896 bits per heavy atom. The van der Waals surface area contributed by atoms with Crippen molar-refractivity contribution in [3.05, 3.63) is 85.1 Å². The van der Waals surface area contributed by atoms with E-state index in [0.29, 0.717) is 19.3 Å². The highest BCUT2D eigenvalue weighted by atomic mass is 16.6. The van der Waals surface area contributed by atoms with Crippen molar-refractivity contribution in [1.29, 1.82) is 0 Å². The van der Waals surface area contributed by atoms with Gasteiger partial charge in [-0.3, -0.25) is 14.4 Å². The van der Waals surface area contributed by atoms with Gasteiger partial charge in [0.05, 0.1) is 0 Å². The quantitative estimate of drug-likeness (QED) is 0.0262. The van der Waals surface area contributed by atoms with Crippen molar-refractivity contribution in [3.8, 4) is 0 Å². The highest BCUT2D eigenvalue weighted by Gasteiger charge is 2.19. The molecule has 67 heavy (non-hydrogen) atoms. The van der Waals surface area contributed by atoms with Crippen LogP contribution in [-0.4, -0.2) is 37.2 Å². The van der Waals surface area contributed by atoms with Crippen molar-refractivity contribution in [1.82, 2.24) is 0 Å². The topological polar surface area (TPSA) is 78.9 Å². The van der Waals surface area contributed by atoms with Crippen molar-refractivity contribution < 1.29 is 28.6 Å². The van der Waals surface area contributed by atoms with Crippen molar-refractivity contribution >= 4 is 17.9 Å². The van der Waals surface area contributed by atoms with E-state index in [1.807, 2.05) is 0 Å². The molecule has 6 nitrogen and oxygen atoms in total. The van der Waals surface area contributed by atoms with E-state index in [9.17, 15) is 14.4 Å². The SMILES string of the molecule is CCCCC/C=C\C/C=C\C/C=C\C/C=C\CCCCCC(=O)OC[C@@H](COC(=O)CCCCCCC/C=C\CCCCCCCC)OC(=O)CCCCCCC/C=C\C/C=C\CCCCC. The van der Waals surface area contributed by atoms with Crippen molar-refractivity contribution in [2.75, 3.05) is 13.2 Å². The van der Waals surface area contributed by atoms with E-state index < -0.39 is 6.10 Å². The third kappa shape index (κ3) is 53.4. The fourth-order valence-corrected chi connectivity index (χ4v) is 7.57. The minimum atomic E-state index is -0.801. The van der Waals surface area contributed by atoms with E-state index >= 15 is 0 Å². The Balaban J connectivity index is 4.48. The van der Waals surface area contributed by atoms with E-state index in [2.05, 4.69) is 106 Å². The van der Waals surface area contributed by atoms with Crippen molar-refractivity contribution in [3.63, 3.8) is 0 Å². The molecule has 0 spiro atoms. The van der Waals surface area contributed by atoms with Gasteiger partial charge in [-0.15, -0.1) is 0 Å². The van der Waals surface area contributed by atoms with Crippen LogP contribution in [0.1, 0.15) is 265 Å². The van der Waals surface area contributed by atoms with Crippen molar-refractivity contribution in [2.24, 2.45) is 0 Å². The van der Waals surface area contributed by atoms with Crippen LogP contribution in [-0.2, 0) is 28.6 Å². The smallest absolute Gasteiger partial charge is 0.306 e. The molecule has 0 rings (SSSR count). The molecule has 0 unspecified atom stereocenters. The molecular weight excluding hydrogens is 829 g/mol. The van der Waals surface area contributed by atoms with Gasteiger partial charge in [-0.2, -0.15) is 0 Å². The normalized spacial score (nSPS) is 12.7. The Morgan fingerprint density at radius 2 is 0.537 bits per heavy atom. The number of unbranched alkanes of at least 4 members (excludes halogenated alkanes) is 25. The molecule has 0 saturated carbocycles. The summed E-state index contributed by atoms with van der Waals surface area (Å²) in [5.41, 5.74) is 0. The fraction of sp³-hybridized carbons (Fsp3) is 0.721. The summed E-state index contributed by atoms with van der Waals surface area (Å²) in [6.07, 6.45) is 71.3. The molecule has 0 bridgehead atoms. The Hall–Kier alpha value is -3.41. The number of hydrogen-bond acceptors (Lipinski definition) is 6. The summed E-state index contributed by atoms with van der Waals surface area (Å²) in [6.45, 7) is 6.54. The summed E-state index contributed by atoms with van der Waals surface area (Å²) in [6, 6.07) is 0. The highest BCUT2D eigenvalue weighted by Crippen LogP contribution is 2.13. The third-order valence-corrected chi connectivity index (χ3v) is 11.8. The molecule has 0 N–H and O–H groups in total. The Morgan fingerprint density at radius 1 is 0.299 bits per heavy atom. The van der Waals surface area contributed by atoms with Crippen LogP contribution < -0.4 is 0 Å². The Kier molecular flexibility index (Phi) is 52.4. The van der Waals surface area contributed by atoms with Crippen LogP contribution in [0.15, 0.2) is 85.1 Å². The summed E-state index contributed by atoms with van der Waals surface area (Å²) >= 11 is 0. The molecule has 0 fully saturated rings. The first-order valence-electron chi connectivity index (χ1n) is 28.1. The maximum Gasteiger partial charge on any atom is 0.306 e. The summed E-state index contributed by atoms with van der Waals surface area (Å²) in [4.78, 5) is 38.1. The van der Waals surface area contributed by atoms with Gasteiger partial charge in [-0.25, -0.2) is 0 Å². The highest BCUT2D eigenvalue weighted by molar-refractivity contribution is 5.71. The zero-order valence-corrected chi connectivity index (χ0v) is 43.9. The predicted molar refractivity (Wildman–Crippen MR) is 288 cm³/mol. The number of hydrogen-bond donors (Lipinski definition) is 0. The van der Waals surface area contributed by atoms with Crippen LogP contribution in [0.3, 0.4) is 0 Å². The Labute approximate surface area is 414 Å². The molecular formula is C61H104O6. The lowest BCUT2D eigenvalue weighted by Gasteiger charge is -2.18. The fourth-order valence-electron chi connectivity index (χ4n) is 7.57. The number of allylic oxidation sites excluding steroid dienone is 14. The van der Waals surface area contributed by atoms with Crippen LogP contribution >= 0.6 is 0 Å².